The lowest BCUT2D eigenvalue weighted by Gasteiger charge is -2.25. The quantitative estimate of drug-likeness (QED) is 0.126. The number of esters is 3. The van der Waals surface area contributed by atoms with Crippen LogP contribution in [0.15, 0.2) is 47.5 Å². The second kappa shape index (κ2) is 11.1. The first-order chi connectivity index (χ1) is 14.6. The number of allylic oxidation sites excluding steroid dienone is 4. The summed E-state index contributed by atoms with van der Waals surface area (Å²) in [6.07, 6.45) is 11.0. The molecule has 2 aliphatic heterocycles. The van der Waals surface area contributed by atoms with Gasteiger partial charge in [0.1, 0.15) is 18.5 Å². The summed E-state index contributed by atoms with van der Waals surface area (Å²) in [5.41, 5.74) is 2.11. The molecule has 31 heavy (non-hydrogen) atoms. The van der Waals surface area contributed by atoms with Gasteiger partial charge in [0, 0.05) is 25.8 Å². The molecule has 0 N–H and O–H groups in total. The van der Waals surface area contributed by atoms with Crippen LogP contribution < -0.4 is 0 Å². The molecule has 170 valence electrons. The fourth-order valence-electron chi connectivity index (χ4n) is 3.44. The van der Waals surface area contributed by atoms with Gasteiger partial charge in [-0.25, -0.2) is 4.79 Å². The van der Waals surface area contributed by atoms with E-state index in [1.54, 1.807) is 0 Å². The molecule has 2 heterocycles. The smallest absolute Gasteiger partial charge is 0.341 e. The first kappa shape index (κ1) is 24.6. The van der Waals surface area contributed by atoms with E-state index in [-0.39, 0.29) is 6.10 Å². The minimum absolute atomic E-state index is 0.249. The van der Waals surface area contributed by atoms with E-state index in [1.807, 2.05) is 0 Å². The van der Waals surface area contributed by atoms with E-state index in [4.69, 9.17) is 18.9 Å². The van der Waals surface area contributed by atoms with Gasteiger partial charge in [-0.1, -0.05) is 23.3 Å². The number of carbonyl (C=O) groups is 3. The Morgan fingerprint density at radius 2 is 1.77 bits per heavy atom. The predicted octanol–water partition coefficient (Wildman–Crippen LogP) is 4.44. The molecule has 2 aliphatic rings. The first-order valence-corrected chi connectivity index (χ1v) is 10.5. The number of hydrogen-bond donors (Lipinski definition) is 0. The van der Waals surface area contributed by atoms with Crippen molar-refractivity contribution in [3.8, 4) is 0 Å². The maximum atomic E-state index is 12.7. The van der Waals surface area contributed by atoms with Gasteiger partial charge in [0.25, 0.3) is 0 Å². The summed E-state index contributed by atoms with van der Waals surface area (Å²) in [6.45, 7) is 8.80. The topological polar surface area (TPSA) is 91.4 Å². The molecule has 0 radical (unpaired) electrons. The van der Waals surface area contributed by atoms with Crippen molar-refractivity contribution < 1.29 is 33.3 Å². The van der Waals surface area contributed by atoms with Crippen LogP contribution in [0.4, 0.5) is 0 Å². The highest BCUT2D eigenvalue weighted by Gasteiger charge is 2.66. The Morgan fingerprint density at radius 1 is 1.06 bits per heavy atom. The Morgan fingerprint density at radius 3 is 2.39 bits per heavy atom. The van der Waals surface area contributed by atoms with E-state index in [9.17, 15) is 14.4 Å². The minimum Gasteiger partial charge on any atom is -0.455 e. The summed E-state index contributed by atoms with van der Waals surface area (Å²) in [7, 11) is 0. The van der Waals surface area contributed by atoms with E-state index in [0.717, 1.165) is 19.3 Å². The van der Waals surface area contributed by atoms with E-state index in [0.29, 0.717) is 18.4 Å². The Bertz CT molecular complexity index is 814. The monoisotopic (exact) mass is 432 g/mol. The molecule has 0 aliphatic carbocycles. The van der Waals surface area contributed by atoms with Crippen molar-refractivity contribution in [2.45, 2.75) is 84.5 Å². The molecule has 0 aromatic heterocycles. The SMILES string of the molecule is CC(=O)O/C=C(/C=C/OC(C)=O)[C@H]1C[C@@H]2O[C@]2(CC/C=C(\C)CCC=C(C)C)C(=O)O1. The molecule has 0 aromatic rings. The lowest BCUT2D eigenvalue weighted by atomic mass is 9.90. The van der Waals surface area contributed by atoms with Crippen molar-refractivity contribution in [1.82, 2.24) is 0 Å². The molecule has 7 nitrogen and oxygen atoms in total. The minimum atomic E-state index is -0.890. The number of rotatable bonds is 10. The van der Waals surface area contributed by atoms with Crippen molar-refractivity contribution >= 4 is 17.9 Å². The van der Waals surface area contributed by atoms with Crippen LogP contribution >= 0.6 is 0 Å². The van der Waals surface area contributed by atoms with Crippen LogP contribution in [0.3, 0.4) is 0 Å². The number of carbonyl (C=O) groups excluding carboxylic acids is 3. The van der Waals surface area contributed by atoms with Crippen LogP contribution in [-0.2, 0) is 33.3 Å². The van der Waals surface area contributed by atoms with Crippen molar-refractivity contribution in [2.75, 3.05) is 0 Å². The maximum absolute atomic E-state index is 12.7. The van der Waals surface area contributed by atoms with Crippen molar-refractivity contribution in [2.24, 2.45) is 0 Å². The van der Waals surface area contributed by atoms with Crippen LogP contribution in [-0.4, -0.2) is 35.7 Å². The Hall–Kier alpha value is -2.67. The van der Waals surface area contributed by atoms with E-state index >= 15 is 0 Å². The highest BCUT2D eigenvalue weighted by molar-refractivity contribution is 5.85. The summed E-state index contributed by atoms with van der Waals surface area (Å²) >= 11 is 0. The van der Waals surface area contributed by atoms with E-state index < -0.39 is 29.6 Å². The second-order valence-corrected chi connectivity index (χ2v) is 8.17. The molecule has 3 atom stereocenters. The lowest BCUT2D eigenvalue weighted by Crippen LogP contribution is -2.39. The van der Waals surface area contributed by atoms with E-state index in [1.165, 1.54) is 43.6 Å². The molecule has 0 bridgehead atoms. The third kappa shape index (κ3) is 7.51. The van der Waals surface area contributed by atoms with E-state index in [2.05, 4.69) is 32.9 Å². The van der Waals surface area contributed by atoms with Crippen molar-refractivity contribution in [3.05, 3.63) is 47.5 Å². The van der Waals surface area contributed by atoms with Gasteiger partial charge in [-0.2, -0.15) is 0 Å². The zero-order valence-electron chi connectivity index (χ0n) is 18.9. The number of epoxide rings is 1. The summed E-state index contributed by atoms with van der Waals surface area (Å²) < 4.78 is 21.1. The molecule has 2 fully saturated rings. The molecular formula is C24H32O7. The molecule has 0 saturated carbocycles. The highest BCUT2D eigenvalue weighted by atomic mass is 16.7. The largest absolute Gasteiger partial charge is 0.455 e. The molecular weight excluding hydrogens is 400 g/mol. The lowest BCUT2D eigenvalue weighted by molar-refractivity contribution is -0.155. The average Bonchev–Trinajstić information content (AvgIpc) is 3.38. The average molecular weight is 433 g/mol. The highest BCUT2D eigenvalue weighted by Crippen LogP contribution is 2.49. The van der Waals surface area contributed by atoms with Crippen molar-refractivity contribution in [3.63, 3.8) is 0 Å². The fraction of sp³-hybridized carbons (Fsp3) is 0.542. The third-order valence-corrected chi connectivity index (χ3v) is 5.17. The van der Waals surface area contributed by atoms with Crippen LogP contribution in [0.2, 0.25) is 0 Å². The number of hydrogen-bond acceptors (Lipinski definition) is 7. The molecule has 2 rings (SSSR count). The standard InChI is InChI=1S/C24H32O7/c1-16(2)8-6-9-17(3)10-7-12-24-22(31-24)14-21(30-23(24)27)20(15-29-19(5)26)11-13-28-18(4)25/h8,10-11,13,15,21-22H,6-7,9,12,14H2,1-5H3/b13-11+,17-10+,20-15-/t21-,22+,24+/m1/s1. The van der Waals surface area contributed by atoms with Gasteiger partial charge in [-0.15, -0.1) is 0 Å². The van der Waals surface area contributed by atoms with Crippen molar-refractivity contribution in [1.29, 1.82) is 0 Å². The molecule has 7 heteroatoms. The number of ether oxygens (including phenoxy) is 4. The van der Waals surface area contributed by atoms with Crippen LogP contribution in [0, 0.1) is 0 Å². The summed E-state index contributed by atoms with van der Waals surface area (Å²) in [5.74, 6) is -1.42. The molecule has 0 unspecified atom stereocenters. The number of cyclic esters (lactones) is 1. The molecule has 0 amide bonds. The molecule has 0 spiro atoms. The van der Waals surface area contributed by atoms with Crippen LogP contribution in [0.1, 0.15) is 66.7 Å². The van der Waals surface area contributed by atoms with Gasteiger partial charge in [-0.3, -0.25) is 9.59 Å². The van der Waals surface area contributed by atoms with Gasteiger partial charge < -0.3 is 18.9 Å². The second-order valence-electron chi connectivity index (χ2n) is 8.17. The third-order valence-electron chi connectivity index (χ3n) is 5.17. The van der Waals surface area contributed by atoms with Crippen LogP contribution in [0.25, 0.3) is 0 Å². The summed E-state index contributed by atoms with van der Waals surface area (Å²) in [4.78, 5) is 34.8. The first-order valence-electron chi connectivity index (χ1n) is 10.5. The predicted molar refractivity (Wildman–Crippen MR) is 115 cm³/mol. The van der Waals surface area contributed by atoms with Gasteiger partial charge in [0.2, 0.25) is 0 Å². The Kier molecular flexibility index (Phi) is 8.80. The fourth-order valence-corrected chi connectivity index (χ4v) is 3.44. The van der Waals surface area contributed by atoms with Gasteiger partial charge in [-0.05, 0) is 52.5 Å². The maximum Gasteiger partial charge on any atom is 0.341 e. The molecule has 0 aromatic carbocycles. The Balaban J connectivity index is 1.95. The van der Waals surface area contributed by atoms with Crippen LogP contribution in [0.5, 0.6) is 0 Å². The summed E-state index contributed by atoms with van der Waals surface area (Å²) in [5, 5.41) is 0. The zero-order chi connectivity index (χ0) is 23.0. The molecule has 2 saturated heterocycles. The normalized spacial score (nSPS) is 25.5. The van der Waals surface area contributed by atoms with Gasteiger partial charge in [0.05, 0.1) is 6.26 Å². The van der Waals surface area contributed by atoms with Gasteiger partial charge in [0.15, 0.2) is 5.60 Å². The Labute approximate surface area is 183 Å². The summed E-state index contributed by atoms with van der Waals surface area (Å²) in [6, 6.07) is 0. The van der Waals surface area contributed by atoms with Gasteiger partial charge >= 0.3 is 17.9 Å². The number of fused-ring (bicyclic) bond motifs is 1. The zero-order valence-corrected chi connectivity index (χ0v) is 18.9.